The molecule has 3 aromatic rings. The molecule has 39 heavy (non-hydrogen) atoms. The maximum Gasteiger partial charge on any atom is 0.184 e. The molecule has 0 spiro atoms. The smallest absolute Gasteiger partial charge is 0.184 e. The lowest BCUT2D eigenvalue weighted by molar-refractivity contribution is 0.607. The topological polar surface area (TPSA) is 50.4 Å². The molecule has 2 heterocycles. The first-order valence-electron chi connectivity index (χ1n) is 13.3. The van der Waals surface area contributed by atoms with Crippen molar-refractivity contribution in [3.05, 3.63) is 110 Å². The van der Waals surface area contributed by atoms with E-state index in [0.29, 0.717) is 0 Å². The van der Waals surface area contributed by atoms with E-state index < -0.39 is 0 Å². The van der Waals surface area contributed by atoms with E-state index in [2.05, 4.69) is 103 Å². The number of nitrogens with one attached hydrogen (secondary N) is 1. The SMILES string of the molecule is CC12SC(/C=N\NC(N)=S)=CC1=C1CCCC1=C1C=C(/C=C/c3c4ccccc4cc4ccccc34)SC12C. The molecule has 1 saturated carbocycles. The molecule has 7 rings (SSSR count). The number of hydrogen-bond donors (Lipinski definition) is 2. The van der Waals surface area contributed by atoms with Gasteiger partial charge in [-0.25, -0.2) is 0 Å². The fraction of sp³-hybridized carbons (Fsp3) is 0.212. The van der Waals surface area contributed by atoms with Crippen molar-refractivity contribution in [2.45, 2.75) is 42.6 Å². The van der Waals surface area contributed by atoms with Crippen LogP contribution < -0.4 is 11.2 Å². The lowest BCUT2D eigenvalue weighted by atomic mass is 9.72. The second-order valence-corrected chi connectivity index (χ2v) is 14.2. The van der Waals surface area contributed by atoms with Crippen LogP contribution in [0, 0.1) is 0 Å². The van der Waals surface area contributed by atoms with Crippen LogP contribution in [0.1, 0.15) is 38.7 Å². The highest BCUT2D eigenvalue weighted by molar-refractivity contribution is 8.09. The van der Waals surface area contributed by atoms with Gasteiger partial charge in [0.2, 0.25) is 0 Å². The average Bonchev–Trinajstić information content (AvgIpc) is 3.62. The third kappa shape index (κ3) is 3.87. The molecule has 0 radical (unpaired) electrons. The molecule has 0 bridgehead atoms. The van der Waals surface area contributed by atoms with Crippen LogP contribution in [-0.2, 0) is 0 Å². The molecule has 2 atom stereocenters. The molecular weight excluding hydrogens is 535 g/mol. The van der Waals surface area contributed by atoms with E-state index in [4.69, 9.17) is 18.0 Å². The molecule has 3 aromatic carbocycles. The van der Waals surface area contributed by atoms with Gasteiger partial charge < -0.3 is 5.73 Å². The van der Waals surface area contributed by atoms with Crippen LogP contribution >= 0.6 is 35.7 Å². The molecule has 2 unspecified atom stereocenters. The third-order valence-corrected chi connectivity index (χ3v) is 11.9. The van der Waals surface area contributed by atoms with Gasteiger partial charge in [-0.3, -0.25) is 5.43 Å². The number of rotatable bonds is 4. The lowest BCUT2D eigenvalue weighted by Gasteiger charge is -2.47. The van der Waals surface area contributed by atoms with Crippen LogP contribution in [0.3, 0.4) is 0 Å². The summed E-state index contributed by atoms with van der Waals surface area (Å²) in [5.74, 6) is 0. The summed E-state index contributed by atoms with van der Waals surface area (Å²) in [6.45, 7) is 4.85. The number of hydrazone groups is 1. The van der Waals surface area contributed by atoms with Gasteiger partial charge in [0.25, 0.3) is 0 Å². The normalized spacial score (nSPS) is 26.0. The van der Waals surface area contributed by atoms with Gasteiger partial charge in [0.1, 0.15) is 0 Å². The first-order chi connectivity index (χ1) is 18.9. The Labute approximate surface area is 243 Å². The summed E-state index contributed by atoms with van der Waals surface area (Å²) in [6.07, 6.45) is 14.9. The molecule has 194 valence electrons. The number of nitrogens with two attached hydrogens (primary N) is 1. The van der Waals surface area contributed by atoms with E-state index in [9.17, 15) is 0 Å². The number of fused-ring (bicyclic) bond motifs is 6. The van der Waals surface area contributed by atoms with E-state index in [1.807, 2.05) is 29.7 Å². The van der Waals surface area contributed by atoms with Crippen LogP contribution in [0.2, 0.25) is 0 Å². The third-order valence-electron chi connectivity index (χ3n) is 8.62. The van der Waals surface area contributed by atoms with Gasteiger partial charge in [-0.1, -0.05) is 54.6 Å². The number of allylic oxidation sites excluding steroid dienone is 6. The van der Waals surface area contributed by atoms with Gasteiger partial charge in [-0.2, -0.15) is 5.10 Å². The van der Waals surface area contributed by atoms with E-state index in [1.54, 1.807) is 11.1 Å². The van der Waals surface area contributed by atoms with Crippen molar-refractivity contribution in [3.8, 4) is 0 Å². The molecular formula is C33H29N3S3. The highest BCUT2D eigenvalue weighted by Crippen LogP contribution is 2.68. The predicted octanol–water partition coefficient (Wildman–Crippen LogP) is 8.39. The molecule has 3 N–H and O–H groups in total. The van der Waals surface area contributed by atoms with Gasteiger partial charge >= 0.3 is 0 Å². The second-order valence-electron chi connectivity index (χ2n) is 10.8. The van der Waals surface area contributed by atoms with Crippen molar-refractivity contribution in [1.82, 2.24) is 5.43 Å². The zero-order valence-corrected chi connectivity index (χ0v) is 24.4. The summed E-state index contributed by atoms with van der Waals surface area (Å²) in [5, 5.41) is 9.59. The van der Waals surface area contributed by atoms with Crippen LogP contribution in [0.4, 0.5) is 0 Å². The van der Waals surface area contributed by atoms with E-state index in [-0.39, 0.29) is 14.6 Å². The van der Waals surface area contributed by atoms with Crippen LogP contribution in [0.15, 0.2) is 110 Å². The average molecular weight is 564 g/mol. The lowest BCUT2D eigenvalue weighted by Crippen LogP contribution is -2.47. The Morgan fingerprint density at radius 3 is 2.05 bits per heavy atom. The largest absolute Gasteiger partial charge is 0.375 e. The van der Waals surface area contributed by atoms with E-state index >= 15 is 0 Å². The number of benzene rings is 3. The molecule has 6 heteroatoms. The van der Waals surface area contributed by atoms with Gasteiger partial charge in [0, 0.05) is 9.81 Å². The summed E-state index contributed by atoms with van der Waals surface area (Å²) in [6, 6.07) is 19.7. The van der Waals surface area contributed by atoms with Crippen molar-refractivity contribution in [3.63, 3.8) is 0 Å². The zero-order chi connectivity index (χ0) is 26.8. The first kappa shape index (κ1) is 24.9. The Bertz CT molecular complexity index is 1720. The minimum Gasteiger partial charge on any atom is -0.375 e. The molecule has 0 amide bonds. The Morgan fingerprint density at radius 2 is 1.44 bits per heavy atom. The quantitative estimate of drug-likeness (QED) is 0.144. The van der Waals surface area contributed by atoms with Crippen molar-refractivity contribution in [2.24, 2.45) is 10.8 Å². The number of hydrogen-bond acceptors (Lipinski definition) is 4. The van der Waals surface area contributed by atoms with Gasteiger partial charge in [0.05, 0.1) is 15.7 Å². The summed E-state index contributed by atoms with van der Waals surface area (Å²) in [4.78, 5) is 2.47. The maximum absolute atomic E-state index is 5.58. The molecule has 1 fully saturated rings. The Kier molecular flexibility index (Phi) is 5.92. The zero-order valence-electron chi connectivity index (χ0n) is 22.0. The standard InChI is InChI=1S/C33H29N3S3/c1-32-29(27-12-7-13-28(27)30-18-23(39-33(30,32)2)19-35-36-31(34)37)17-22(38-32)14-15-26-24-10-5-3-8-20(24)16-21-9-4-6-11-25(21)26/h3-6,8-11,14-19H,7,12-13H2,1-2H3,(H3,34,36,37)/b15-14+,35-19-. The summed E-state index contributed by atoms with van der Waals surface area (Å²) >= 11 is 8.84. The Balaban J connectivity index is 1.29. The van der Waals surface area contributed by atoms with E-state index in [0.717, 1.165) is 17.7 Å². The minimum absolute atomic E-state index is 0.0701. The minimum atomic E-state index is -0.0843. The van der Waals surface area contributed by atoms with Crippen molar-refractivity contribution in [2.75, 3.05) is 0 Å². The van der Waals surface area contributed by atoms with Crippen molar-refractivity contribution < 1.29 is 0 Å². The number of thioether (sulfide) groups is 2. The molecule has 3 nitrogen and oxygen atoms in total. The van der Waals surface area contributed by atoms with Gasteiger partial charge in [-0.05, 0) is 119 Å². The highest BCUT2D eigenvalue weighted by Gasteiger charge is 2.58. The fourth-order valence-corrected chi connectivity index (χ4v) is 9.73. The Hall–Kier alpha value is -3.06. The van der Waals surface area contributed by atoms with Crippen LogP contribution in [0.25, 0.3) is 27.6 Å². The first-order valence-corrected chi connectivity index (χ1v) is 15.4. The van der Waals surface area contributed by atoms with Gasteiger partial charge in [-0.15, -0.1) is 23.5 Å². The van der Waals surface area contributed by atoms with Crippen LogP contribution in [-0.4, -0.2) is 20.8 Å². The second kappa shape index (κ2) is 9.26. The molecule has 2 aliphatic carbocycles. The fourth-order valence-electron chi connectivity index (χ4n) is 6.70. The predicted molar refractivity (Wildman–Crippen MR) is 175 cm³/mol. The monoisotopic (exact) mass is 563 g/mol. The summed E-state index contributed by atoms with van der Waals surface area (Å²) in [7, 11) is 0. The highest BCUT2D eigenvalue weighted by atomic mass is 32.2. The number of thiocarbonyl (C=S) groups is 1. The summed E-state index contributed by atoms with van der Waals surface area (Å²) < 4.78 is -0.154. The molecule has 2 aliphatic heterocycles. The van der Waals surface area contributed by atoms with Crippen molar-refractivity contribution >= 4 is 74.7 Å². The van der Waals surface area contributed by atoms with Crippen LogP contribution in [0.5, 0.6) is 0 Å². The summed E-state index contributed by atoms with van der Waals surface area (Å²) in [5.41, 5.74) is 15.7. The Morgan fingerprint density at radius 1 is 0.872 bits per heavy atom. The number of nitrogens with zero attached hydrogens (tertiary/aromatic N) is 1. The van der Waals surface area contributed by atoms with E-state index in [1.165, 1.54) is 49.6 Å². The van der Waals surface area contributed by atoms with Gasteiger partial charge in [0.15, 0.2) is 5.11 Å². The molecule has 0 saturated heterocycles. The molecule has 4 aliphatic rings. The maximum atomic E-state index is 5.58. The molecule has 0 aromatic heterocycles. The van der Waals surface area contributed by atoms with Crippen molar-refractivity contribution in [1.29, 1.82) is 0 Å².